The molecule has 2 aromatic carbocycles. The van der Waals surface area contributed by atoms with Crippen LogP contribution in [0.5, 0.6) is 0 Å². The number of anilines is 1. The minimum atomic E-state index is -0.326. The molecule has 1 unspecified atom stereocenters. The van der Waals surface area contributed by atoms with Gasteiger partial charge in [0, 0.05) is 41.0 Å². The number of aromatic nitrogens is 1. The van der Waals surface area contributed by atoms with Crippen LogP contribution >= 0.6 is 34.8 Å². The summed E-state index contributed by atoms with van der Waals surface area (Å²) in [6.45, 7) is 2.91. The van der Waals surface area contributed by atoms with E-state index in [1.807, 2.05) is 37.3 Å². The largest absolute Gasteiger partial charge is 0.369 e. The van der Waals surface area contributed by atoms with Crippen molar-refractivity contribution >= 4 is 52.7 Å². The molecule has 1 aliphatic heterocycles. The number of rotatable bonds is 7. The molecule has 0 saturated heterocycles. The number of ether oxygens (including phenoxy) is 1. The Morgan fingerprint density at radius 3 is 2.36 bits per heavy atom. The third-order valence-corrected chi connectivity index (χ3v) is 6.05. The maximum Gasteiger partial charge on any atom is 0.342 e. The van der Waals surface area contributed by atoms with Crippen molar-refractivity contribution in [2.45, 2.75) is 19.4 Å². The average molecular weight is 504 g/mol. The zero-order valence-corrected chi connectivity index (χ0v) is 20.0. The molecule has 2 heterocycles. The van der Waals surface area contributed by atoms with Crippen LogP contribution in [0.3, 0.4) is 0 Å². The molecule has 1 aliphatic rings. The molecule has 9 heteroatoms. The summed E-state index contributed by atoms with van der Waals surface area (Å²) in [5, 5.41) is 9.41. The minimum Gasteiger partial charge on any atom is -0.369 e. The molecule has 3 aromatic rings. The maximum atomic E-state index is 12.0. The molecule has 0 spiro atoms. The van der Waals surface area contributed by atoms with Gasteiger partial charge in [-0.05, 0) is 41.8 Å². The second-order valence-electron chi connectivity index (χ2n) is 7.35. The second kappa shape index (κ2) is 10.5. The van der Waals surface area contributed by atoms with Gasteiger partial charge in [-0.1, -0.05) is 65.1 Å². The fraction of sp³-hybridized carbons (Fsp3) is 0.208. The number of nitrogens with zero attached hydrogens (tertiary/aromatic N) is 3. The number of nitrogens with one attached hydrogen (secondary N) is 1. The van der Waals surface area contributed by atoms with Gasteiger partial charge in [0.2, 0.25) is 0 Å². The standard InChI is InChI=1S/C24H21Cl3N4O2/c1-2-33-23(17-7-8-22(27)29-14-17)16-5-3-15(4-6-16)11-19-20(25)12-18(13-21(19)26)31-24(32)28-9-10-30-31/h3-8,10,12-14,23H,2,9,11H2,1H3,(H,28,32). The molecule has 0 bridgehead atoms. The fourth-order valence-electron chi connectivity index (χ4n) is 3.56. The Balaban J connectivity index is 1.55. The van der Waals surface area contributed by atoms with Gasteiger partial charge in [-0.3, -0.25) is 0 Å². The maximum absolute atomic E-state index is 12.0. The first-order valence-corrected chi connectivity index (χ1v) is 11.5. The van der Waals surface area contributed by atoms with Gasteiger partial charge in [0.05, 0.1) is 12.2 Å². The Morgan fingerprint density at radius 2 is 1.76 bits per heavy atom. The van der Waals surface area contributed by atoms with Crippen molar-refractivity contribution in [3.8, 4) is 0 Å². The highest BCUT2D eigenvalue weighted by Gasteiger charge is 2.20. The first-order valence-electron chi connectivity index (χ1n) is 10.4. The zero-order chi connectivity index (χ0) is 23.4. The van der Waals surface area contributed by atoms with Gasteiger partial charge >= 0.3 is 6.03 Å². The van der Waals surface area contributed by atoms with Crippen molar-refractivity contribution in [2.24, 2.45) is 5.10 Å². The van der Waals surface area contributed by atoms with E-state index < -0.39 is 0 Å². The highest BCUT2D eigenvalue weighted by molar-refractivity contribution is 6.36. The van der Waals surface area contributed by atoms with Crippen molar-refractivity contribution in [2.75, 3.05) is 18.2 Å². The van der Waals surface area contributed by atoms with E-state index in [9.17, 15) is 4.79 Å². The number of carbonyl (C=O) groups is 1. The smallest absolute Gasteiger partial charge is 0.342 e. The first kappa shape index (κ1) is 23.5. The molecular weight excluding hydrogens is 483 g/mol. The summed E-state index contributed by atoms with van der Waals surface area (Å²) in [5.74, 6) is 0. The lowest BCUT2D eigenvalue weighted by atomic mass is 9.98. The van der Waals surface area contributed by atoms with Gasteiger partial charge in [0.1, 0.15) is 11.3 Å². The van der Waals surface area contributed by atoms with E-state index in [2.05, 4.69) is 15.4 Å². The molecule has 6 nitrogen and oxygen atoms in total. The van der Waals surface area contributed by atoms with Crippen LogP contribution in [0.4, 0.5) is 10.5 Å². The Hall–Kier alpha value is -2.64. The van der Waals surface area contributed by atoms with Gasteiger partial charge in [-0.2, -0.15) is 10.1 Å². The molecule has 170 valence electrons. The van der Waals surface area contributed by atoms with E-state index in [0.717, 1.165) is 22.3 Å². The predicted octanol–water partition coefficient (Wildman–Crippen LogP) is 6.27. The monoisotopic (exact) mass is 502 g/mol. The summed E-state index contributed by atoms with van der Waals surface area (Å²) in [6, 6.07) is 14.8. The summed E-state index contributed by atoms with van der Waals surface area (Å²) in [7, 11) is 0. The van der Waals surface area contributed by atoms with Crippen LogP contribution in [-0.2, 0) is 11.2 Å². The molecule has 0 saturated carbocycles. The van der Waals surface area contributed by atoms with Crippen LogP contribution in [0.25, 0.3) is 0 Å². The van der Waals surface area contributed by atoms with Crippen molar-refractivity contribution in [1.82, 2.24) is 10.3 Å². The summed E-state index contributed by atoms with van der Waals surface area (Å²) >= 11 is 19.0. The average Bonchev–Trinajstić information content (AvgIpc) is 2.81. The van der Waals surface area contributed by atoms with Crippen molar-refractivity contribution in [3.05, 3.63) is 92.2 Å². The van der Waals surface area contributed by atoms with E-state index in [1.54, 1.807) is 30.6 Å². The Labute approximate surface area is 207 Å². The molecule has 2 amide bonds. The van der Waals surface area contributed by atoms with Crippen molar-refractivity contribution in [1.29, 1.82) is 0 Å². The van der Waals surface area contributed by atoms with Crippen LogP contribution < -0.4 is 10.3 Å². The molecule has 1 aromatic heterocycles. The number of hydrogen-bond donors (Lipinski definition) is 1. The summed E-state index contributed by atoms with van der Waals surface area (Å²) in [6.07, 6.45) is 3.63. The van der Waals surface area contributed by atoms with Gasteiger partial charge in [-0.25, -0.2) is 9.78 Å². The van der Waals surface area contributed by atoms with Crippen LogP contribution in [0, 0.1) is 0 Å². The van der Waals surface area contributed by atoms with E-state index in [0.29, 0.717) is 40.5 Å². The molecule has 4 rings (SSSR count). The van der Waals surface area contributed by atoms with Crippen molar-refractivity contribution < 1.29 is 9.53 Å². The number of urea groups is 1. The molecular formula is C24H21Cl3N4O2. The topological polar surface area (TPSA) is 66.8 Å². The zero-order valence-electron chi connectivity index (χ0n) is 17.8. The number of pyridine rings is 1. The van der Waals surface area contributed by atoms with Crippen LogP contribution in [0.15, 0.2) is 59.8 Å². The summed E-state index contributed by atoms with van der Waals surface area (Å²) in [4.78, 5) is 16.2. The SMILES string of the molecule is CCOC(c1ccc(Cc2c(Cl)cc(N3N=CCNC3=O)cc2Cl)cc1)c1ccc(Cl)nc1. The number of benzene rings is 2. The molecule has 33 heavy (non-hydrogen) atoms. The second-order valence-corrected chi connectivity index (χ2v) is 8.55. The van der Waals surface area contributed by atoms with Gasteiger partial charge < -0.3 is 10.1 Å². The molecule has 0 fully saturated rings. The molecule has 1 atom stereocenters. The van der Waals surface area contributed by atoms with Gasteiger partial charge in [-0.15, -0.1) is 0 Å². The Bertz CT molecular complexity index is 1140. The number of hydrazone groups is 1. The van der Waals surface area contributed by atoms with Crippen LogP contribution in [-0.4, -0.2) is 30.4 Å². The van der Waals surface area contributed by atoms with E-state index in [4.69, 9.17) is 39.5 Å². The fourth-order valence-corrected chi connectivity index (χ4v) is 4.28. The normalized spacial score (nSPS) is 14.3. The minimum absolute atomic E-state index is 0.239. The number of amides is 2. The third kappa shape index (κ3) is 5.47. The molecule has 0 radical (unpaired) electrons. The number of carbonyl (C=O) groups excluding carboxylic acids is 1. The molecule has 0 aliphatic carbocycles. The van der Waals surface area contributed by atoms with Gasteiger partial charge in [0.15, 0.2) is 0 Å². The lowest BCUT2D eigenvalue weighted by Gasteiger charge is -2.22. The van der Waals surface area contributed by atoms with Crippen molar-refractivity contribution in [3.63, 3.8) is 0 Å². The van der Waals surface area contributed by atoms with E-state index in [1.165, 1.54) is 5.01 Å². The third-order valence-electron chi connectivity index (χ3n) is 5.15. The van der Waals surface area contributed by atoms with Crippen LogP contribution in [0.1, 0.15) is 35.3 Å². The first-order chi connectivity index (χ1) is 16.0. The highest BCUT2D eigenvalue weighted by atomic mass is 35.5. The molecule has 1 N–H and O–H groups in total. The van der Waals surface area contributed by atoms with E-state index >= 15 is 0 Å². The van der Waals surface area contributed by atoms with E-state index in [-0.39, 0.29) is 12.1 Å². The number of halogens is 3. The Morgan fingerprint density at radius 1 is 1.06 bits per heavy atom. The number of hydrogen-bond acceptors (Lipinski definition) is 4. The lowest BCUT2D eigenvalue weighted by molar-refractivity contribution is 0.0911. The summed E-state index contributed by atoms with van der Waals surface area (Å²) in [5.41, 5.74) is 4.26. The summed E-state index contributed by atoms with van der Waals surface area (Å²) < 4.78 is 5.96. The van der Waals surface area contributed by atoms with Crippen LogP contribution in [0.2, 0.25) is 15.2 Å². The predicted molar refractivity (Wildman–Crippen MR) is 133 cm³/mol. The Kier molecular flexibility index (Phi) is 7.50. The highest BCUT2D eigenvalue weighted by Crippen LogP contribution is 2.34. The lowest BCUT2D eigenvalue weighted by Crippen LogP contribution is -2.41. The quantitative estimate of drug-likeness (QED) is 0.386. The van der Waals surface area contributed by atoms with Gasteiger partial charge in [0.25, 0.3) is 0 Å².